The second-order valence-electron chi connectivity index (χ2n) is 6.65. The molecule has 0 saturated heterocycles. The molecule has 1 aliphatic rings. The number of hydrogen-bond acceptors (Lipinski definition) is 2. The summed E-state index contributed by atoms with van der Waals surface area (Å²) in [6.45, 7) is 4.52. The number of fused-ring (bicyclic) bond motifs is 1. The first-order valence-electron chi connectivity index (χ1n) is 7.39. The highest BCUT2D eigenvalue weighted by atomic mass is 19.1. The van der Waals surface area contributed by atoms with Crippen molar-refractivity contribution in [2.75, 3.05) is 0 Å². The minimum atomic E-state index is -0.366. The number of pyridine rings is 1. The first kappa shape index (κ1) is 14.0. The van der Waals surface area contributed by atoms with Crippen molar-refractivity contribution in [3.05, 3.63) is 29.8 Å². The van der Waals surface area contributed by atoms with Crippen LogP contribution in [-0.4, -0.2) is 21.9 Å². The summed E-state index contributed by atoms with van der Waals surface area (Å²) in [5.74, 6) is -0.549. The largest absolute Gasteiger partial charge is 0.348 e. The summed E-state index contributed by atoms with van der Waals surface area (Å²) < 4.78 is 13.6. The van der Waals surface area contributed by atoms with E-state index in [2.05, 4.69) is 29.1 Å². The predicted molar refractivity (Wildman–Crippen MR) is 79.6 cm³/mol. The van der Waals surface area contributed by atoms with E-state index in [9.17, 15) is 9.18 Å². The first-order chi connectivity index (χ1) is 9.94. The van der Waals surface area contributed by atoms with Gasteiger partial charge in [-0.05, 0) is 43.2 Å². The van der Waals surface area contributed by atoms with Crippen molar-refractivity contribution < 1.29 is 9.18 Å². The van der Waals surface area contributed by atoms with Crippen LogP contribution < -0.4 is 5.32 Å². The number of rotatable bonds is 2. The fourth-order valence-electron chi connectivity index (χ4n) is 2.92. The van der Waals surface area contributed by atoms with E-state index in [1.54, 1.807) is 0 Å². The highest BCUT2D eigenvalue weighted by molar-refractivity contribution is 5.97. The quantitative estimate of drug-likeness (QED) is 0.890. The molecule has 2 N–H and O–H groups in total. The zero-order chi connectivity index (χ0) is 15.0. The van der Waals surface area contributed by atoms with Gasteiger partial charge in [0.05, 0.1) is 5.39 Å². The van der Waals surface area contributed by atoms with Crippen LogP contribution in [0.4, 0.5) is 4.39 Å². The van der Waals surface area contributed by atoms with Crippen LogP contribution in [0.5, 0.6) is 0 Å². The average Bonchev–Trinajstić information content (AvgIpc) is 2.87. The van der Waals surface area contributed by atoms with E-state index in [1.807, 2.05) is 0 Å². The maximum atomic E-state index is 13.6. The second-order valence-corrected chi connectivity index (χ2v) is 6.65. The Labute approximate surface area is 123 Å². The zero-order valence-electron chi connectivity index (χ0n) is 12.4. The Morgan fingerprint density at radius 1 is 1.43 bits per heavy atom. The number of carbonyl (C=O) groups is 1. The average molecular weight is 289 g/mol. The van der Waals surface area contributed by atoms with Crippen molar-refractivity contribution in [1.82, 2.24) is 15.3 Å². The van der Waals surface area contributed by atoms with Gasteiger partial charge in [-0.3, -0.25) is 4.79 Å². The Bertz CT molecular complexity index is 667. The molecular weight excluding hydrogens is 269 g/mol. The smallest absolute Gasteiger partial charge is 0.267 e. The molecule has 1 aliphatic carbocycles. The molecule has 0 aromatic carbocycles. The molecule has 0 radical (unpaired) electrons. The first-order valence-corrected chi connectivity index (χ1v) is 7.39. The molecule has 1 fully saturated rings. The van der Waals surface area contributed by atoms with E-state index in [-0.39, 0.29) is 17.8 Å². The van der Waals surface area contributed by atoms with Crippen LogP contribution >= 0.6 is 0 Å². The third-order valence-corrected chi connectivity index (χ3v) is 4.40. The topological polar surface area (TPSA) is 57.8 Å². The summed E-state index contributed by atoms with van der Waals surface area (Å²) in [5, 5.41) is 3.39. The van der Waals surface area contributed by atoms with Crippen molar-refractivity contribution in [3.8, 4) is 0 Å². The summed E-state index contributed by atoms with van der Waals surface area (Å²) in [5.41, 5.74) is 1.15. The van der Waals surface area contributed by atoms with Crippen LogP contribution in [0.15, 0.2) is 18.3 Å². The van der Waals surface area contributed by atoms with Crippen molar-refractivity contribution in [2.45, 2.75) is 45.6 Å². The Morgan fingerprint density at radius 3 is 2.81 bits per heavy atom. The third-order valence-electron chi connectivity index (χ3n) is 4.40. The Hall–Kier alpha value is -1.91. The van der Waals surface area contributed by atoms with Gasteiger partial charge in [-0.25, -0.2) is 9.37 Å². The minimum Gasteiger partial charge on any atom is -0.348 e. The molecule has 1 saturated carbocycles. The van der Waals surface area contributed by atoms with Gasteiger partial charge in [-0.15, -0.1) is 0 Å². The molecule has 5 heteroatoms. The van der Waals surface area contributed by atoms with Gasteiger partial charge in [0.1, 0.15) is 17.2 Å². The molecule has 0 aliphatic heterocycles. The lowest BCUT2D eigenvalue weighted by Crippen LogP contribution is -2.39. The van der Waals surface area contributed by atoms with Crippen LogP contribution in [0.3, 0.4) is 0 Å². The molecule has 0 bridgehead atoms. The molecule has 0 unspecified atom stereocenters. The SMILES string of the molecule is CC1(C)CCC(NC(=O)c2cc3c(F)ccnc3[nH]2)CC1. The van der Waals surface area contributed by atoms with Gasteiger partial charge in [0, 0.05) is 12.2 Å². The molecule has 2 aromatic rings. The maximum Gasteiger partial charge on any atom is 0.267 e. The summed E-state index contributed by atoms with van der Waals surface area (Å²) in [7, 11) is 0. The van der Waals surface area contributed by atoms with Crippen LogP contribution in [0.1, 0.15) is 50.0 Å². The molecule has 3 rings (SSSR count). The molecule has 112 valence electrons. The lowest BCUT2D eigenvalue weighted by Gasteiger charge is -2.34. The van der Waals surface area contributed by atoms with E-state index in [0.717, 1.165) is 25.7 Å². The summed E-state index contributed by atoms with van der Waals surface area (Å²) in [4.78, 5) is 19.2. The van der Waals surface area contributed by atoms with Gasteiger partial charge < -0.3 is 10.3 Å². The minimum absolute atomic E-state index is 0.183. The van der Waals surface area contributed by atoms with Crippen LogP contribution in [0.25, 0.3) is 11.0 Å². The summed E-state index contributed by atoms with van der Waals surface area (Å²) in [6.07, 6.45) is 5.60. The molecular formula is C16H20FN3O. The van der Waals surface area contributed by atoms with Crippen molar-refractivity contribution in [3.63, 3.8) is 0 Å². The Morgan fingerprint density at radius 2 is 2.14 bits per heavy atom. The molecule has 0 atom stereocenters. The van der Waals surface area contributed by atoms with Crippen molar-refractivity contribution in [2.24, 2.45) is 5.41 Å². The van der Waals surface area contributed by atoms with E-state index in [4.69, 9.17) is 0 Å². The van der Waals surface area contributed by atoms with Gasteiger partial charge in [-0.2, -0.15) is 0 Å². The van der Waals surface area contributed by atoms with Gasteiger partial charge in [-0.1, -0.05) is 13.8 Å². The fraction of sp³-hybridized carbons (Fsp3) is 0.500. The monoisotopic (exact) mass is 289 g/mol. The highest BCUT2D eigenvalue weighted by Crippen LogP contribution is 2.35. The summed E-state index contributed by atoms with van der Waals surface area (Å²) >= 11 is 0. The van der Waals surface area contributed by atoms with Gasteiger partial charge in [0.2, 0.25) is 0 Å². The predicted octanol–water partition coefficient (Wildman–Crippen LogP) is 3.40. The van der Waals surface area contributed by atoms with E-state index < -0.39 is 0 Å². The normalized spacial score (nSPS) is 18.8. The fourth-order valence-corrected chi connectivity index (χ4v) is 2.92. The highest BCUT2D eigenvalue weighted by Gasteiger charge is 2.28. The number of halogens is 1. The van der Waals surface area contributed by atoms with E-state index >= 15 is 0 Å². The van der Waals surface area contributed by atoms with Crippen LogP contribution in [0.2, 0.25) is 0 Å². The van der Waals surface area contributed by atoms with Gasteiger partial charge >= 0.3 is 0 Å². The van der Waals surface area contributed by atoms with Crippen molar-refractivity contribution in [1.29, 1.82) is 0 Å². The number of aromatic nitrogens is 2. The number of nitrogens with one attached hydrogen (secondary N) is 2. The number of aromatic amines is 1. The van der Waals surface area contributed by atoms with Crippen molar-refractivity contribution >= 4 is 16.9 Å². The van der Waals surface area contributed by atoms with E-state index in [1.165, 1.54) is 18.3 Å². The molecule has 2 heterocycles. The van der Waals surface area contributed by atoms with Crippen LogP contribution in [0, 0.1) is 11.2 Å². The number of hydrogen-bond donors (Lipinski definition) is 2. The maximum absolute atomic E-state index is 13.6. The number of nitrogens with zero attached hydrogens (tertiary/aromatic N) is 1. The molecule has 2 aromatic heterocycles. The number of carbonyl (C=O) groups excluding carboxylic acids is 1. The Kier molecular flexibility index (Phi) is 3.43. The summed E-state index contributed by atoms with van der Waals surface area (Å²) in [6, 6.07) is 3.02. The standard InChI is InChI=1S/C16H20FN3O/c1-16(2)6-3-10(4-7-16)19-15(21)13-9-11-12(17)5-8-18-14(11)20-13/h5,8-10H,3-4,6-7H2,1-2H3,(H,18,20)(H,19,21). The van der Waals surface area contributed by atoms with Gasteiger partial charge in [0.25, 0.3) is 5.91 Å². The lowest BCUT2D eigenvalue weighted by atomic mass is 9.75. The number of H-pyrrole nitrogens is 1. The van der Waals surface area contributed by atoms with Gasteiger partial charge in [0.15, 0.2) is 0 Å². The molecule has 4 nitrogen and oxygen atoms in total. The molecule has 21 heavy (non-hydrogen) atoms. The molecule has 1 amide bonds. The van der Waals surface area contributed by atoms with Crippen LogP contribution in [-0.2, 0) is 0 Å². The van der Waals surface area contributed by atoms with E-state index in [0.29, 0.717) is 22.1 Å². The molecule has 0 spiro atoms. The second kappa shape index (κ2) is 5.13. The Balaban J connectivity index is 1.71. The zero-order valence-corrected chi connectivity index (χ0v) is 12.4. The lowest BCUT2D eigenvalue weighted by molar-refractivity contribution is 0.0905. The number of amides is 1. The third kappa shape index (κ3) is 2.91.